The van der Waals surface area contributed by atoms with Gasteiger partial charge in [-0.25, -0.2) is 9.98 Å². The number of nitrogens with one attached hydrogen (secondary N) is 1. The Hall–Kier alpha value is -2.93. The molecule has 1 aliphatic heterocycles. The lowest BCUT2D eigenvalue weighted by Gasteiger charge is -2.46. The summed E-state index contributed by atoms with van der Waals surface area (Å²) in [5, 5.41) is 3.27. The third-order valence-electron chi connectivity index (χ3n) is 5.38. The van der Waals surface area contributed by atoms with Crippen LogP contribution in [0.15, 0.2) is 47.6 Å². The summed E-state index contributed by atoms with van der Waals surface area (Å²) in [4.78, 5) is 35.2. The maximum absolute atomic E-state index is 12.8. The van der Waals surface area contributed by atoms with Gasteiger partial charge in [0.25, 0.3) is 5.91 Å². The number of anilines is 1. The lowest BCUT2D eigenvalue weighted by atomic mass is 9.68. The molecule has 1 aliphatic rings. The van der Waals surface area contributed by atoms with Crippen molar-refractivity contribution in [2.24, 2.45) is 16.1 Å². The average Bonchev–Trinajstić information content (AvgIpc) is 2.66. The highest BCUT2D eigenvalue weighted by Crippen LogP contribution is 2.46. The molecular formula is C20H22ClN5O2. The average molecular weight is 400 g/mol. The number of benzene rings is 1. The van der Waals surface area contributed by atoms with Crippen LogP contribution in [0.5, 0.6) is 0 Å². The van der Waals surface area contributed by atoms with Crippen LogP contribution >= 0.6 is 11.6 Å². The van der Waals surface area contributed by atoms with Crippen molar-refractivity contribution in [3.05, 3.63) is 58.9 Å². The standard InChI is InChI=1S/C20H22ClN5O2/c1-19(2)17(28)26(4)18(22)25-20(19,3)12-6-5-7-14(10-12)24-16(27)15-9-8-13(21)11-23-15/h5-11H,1-4H3,(H2,22,25)(H,24,27)/t20-/m1/s1. The highest BCUT2D eigenvalue weighted by molar-refractivity contribution is 6.30. The van der Waals surface area contributed by atoms with Gasteiger partial charge in [0.2, 0.25) is 5.91 Å². The molecule has 1 atom stereocenters. The molecule has 2 aromatic rings. The minimum atomic E-state index is -0.889. The van der Waals surface area contributed by atoms with Crippen molar-refractivity contribution >= 4 is 35.1 Å². The van der Waals surface area contributed by atoms with Crippen molar-refractivity contribution < 1.29 is 9.59 Å². The maximum atomic E-state index is 12.8. The Labute approximate surface area is 168 Å². The Morgan fingerprint density at radius 3 is 2.57 bits per heavy atom. The molecule has 0 saturated heterocycles. The first-order valence-corrected chi connectivity index (χ1v) is 9.11. The van der Waals surface area contributed by atoms with Crippen LogP contribution in [-0.2, 0) is 10.3 Å². The zero-order valence-corrected chi connectivity index (χ0v) is 16.9. The van der Waals surface area contributed by atoms with Crippen molar-refractivity contribution in [2.45, 2.75) is 26.3 Å². The number of nitrogens with zero attached hydrogens (tertiary/aromatic N) is 3. The number of nitrogens with two attached hydrogens (primary N) is 1. The molecule has 28 heavy (non-hydrogen) atoms. The zero-order valence-electron chi connectivity index (χ0n) is 16.2. The van der Waals surface area contributed by atoms with E-state index in [0.717, 1.165) is 5.56 Å². The van der Waals surface area contributed by atoms with E-state index >= 15 is 0 Å². The molecule has 0 fully saturated rings. The molecule has 1 aromatic heterocycles. The number of hydrogen-bond donors (Lipinski definition) is 2. The van der Waals surface area contributed by atoms with Gasteiger partial charge in [0, 0.05) is 18.9 Å². The van der Waals surface area contributed by atoms with Crippen LogP contribution < -0.4 is 11.1 Å². The van der Waals surface area contributed by atoms with Gasteiger partial charge in [0.1, 0.15) is 11.2 Å². The molecule has 8 heteroatoms. The van der Waals surface area contributed by atoms with Crippen molar-refractivity contribution in [3.8, 4) is 0 Å². The van der Waals surface area contributed by atoms with Crippen LogP contribution in [0, 0.1) is 5.41 Å². The van der Waals surface area contributed by atoms with Gasteiger partial charge in [-0.05, 0) is 50.6 Å². The van der Waals surface area contributed by atoms with E-state index in [2.05, 4.69) is 15.3 Å². The number of guanidine groups is 1. The van der Waals surface area contributed by atoms with Crippen LogP contribution in [0.2, 0.25) is 5.02 Å². The molecule has 0 saturated carbocycles. The van der Waals surface area contributed by atoms with E-state index in [-0.39, 0.29) is 23.5 Å². The van der Waals surface area contributed by atoms with E-state index in [1.165, 1.54) is 11.1 Å². The maximum Gasteiger partial charge on any atom is 0.274 e. The number of pyridine rings is 1. The largest absolute Gasteiger partial charge is 0.369 e. The van der Waals surface area contributed by atoms with Crippen LogP contribution in [0.25, 0.3) is 0 Å². The molecule has 2 amide bonds. The van der Waals surface area contributed by atoms with Gasteiger partial charge in [-0.3, -0.25) is 14.5 Å². The fraction of sp³-hybridized carbons (Fsp3) is 0.300. The SMILES string of the molecule is CN1C(=O)C(C)(C)[C@@](C)(c2cccc(NC(=O)c3ccc(Cl)cn3)c2)N=C1N. The Kier molecular flexibility index (Phi) is 4.89. The minimum Gasteiger partial charge on any atom is -0.369 e. The highest BCUT2D eigenvalue weighted by Gasteiger charge is 2.52. The molecular weight excluding hydrogens is 378 g/mol. The number of carbonyl (C=O) groups excluding carboxylic acids is 2. The van der Waals surface area contributed by atoms with E-state index in [1.54, 1.807) is 37.4 Å². The van der Waals surface area contributed by atoms with Crippen molar-refractivity contribution in [1.82, 2.24) is 9.88 Å². The van der Waals surface area contributed by atoms with E-state index in [0.29, 0.717) is 10.7 Å². The Morgan fingerprint density at radius 1 is 1.21 bits per heavy atom. The van der Waals surface area contributed by atoms with Gasteiger partial charge in [0.05, 0.1) is 10.4 Å². The summed E-state index contributed by atoms with van der Waals surface area (Å²) in [6.07, 6.45) is 1.41. The minimum absolute atomic E-state index is 0.123. The molecule has 0 unspecified atom stereocenters. The molecule has 3 rings (SSSR count). The molecule has 7 nitrogen and oxygen atoms in total. The number of aliphatic imine (C=N–C) groups is 1. The van der Waals surface area contributed by atoms with Gasteiger partial charge in [0.15, 0.2) is 5.96 Å². The van der Waals surface area contributed by atoms with Crippen molar-refractivity contribution in [3.63, 3.8) is 0 Å². The van der Waals surface area contributed by atoms with Crippen LogP contribution in [0.4, 0.5) is 5.69 Å². The molecule has 0 bridgehead atoms. The fourth-order valence-electron chi connectivity index (χ4n) is 3.21. The summed E-state index contributed by atoms with van der Waals surface area (Å²) < 4.78 is 0. The third-order valence-corrected chi connectivity index (χ3v) is 5.60. The normalized spacial score (nSPS) is 21.2. The van der Waals surface area contributed by atoms with E-state index in [4.69, 9.17) is 17.3 Å². The number of halogens is 1. The fourth-order valence-corrected chi connectivity index (χ4v) is 3.32. The second-order valence-corrected chi connectivity index (χ2v) is 7.86. The van der Waals surface area contributed by atoms with Gasteiger partial charge in [-0.1, -0.05) is 23.7 Å². The zero-order chi connectivity index (χ0) is 20.7. The van der Waals surface area contributed by atoms with E-state index < -0.39 is 11.0 Å². The second kappa shape index (κ2) is 6.91. The summed E-state index contributed by atoms with van der Waals surface area (Å²) in [5.41, 5.74) is 5.84. The molecule has 1 aromatic carbocycles. The summed E-state index contributed by atoms with van der Waals surface area (Å²) in [7, 11) is 1.61. The lowest BCUT2D eigenvalue weighted by Crippen LogP contribution is -2.58. The number of aromatic nitrogens is 1. The Bertz CT molecular complexity index is 971. The number of rotatable bonds is 3. The van der Waals surface area contributed by atoms with Crippen LogP contribution in [-0.4, -0.2) is 34.7 Å². The van der Waals surface area contributed by atoms with Gasteiger partial charge in [-0.15, -0.1) is 0 Å². The van der Waals surface area contributed by atoms with Crippen molar-refractivity contribution in [2.75, 3.05) is 12.4 Å². The number of amides is 2. The van der Waals surface area contributed by atoms with Crippen molar-refractivity contribution in [1.29, 1.82) is 0 Å². The first-order chi connectivity index (χ1) is 13.1. The Morgan fingerprint density at radius 2 is 1.93 bits per heavy atom. The quantitative estimate of drug-likeness (QED) is 0.828. The monoisotopic (exact) mass is 399 g/mol. The lowest BCUT2D eigenvalue weighted by molar-refractivity contribution is -0.140. The second-order valence-electron chi connectivity index (χ2n) is 7.43. The highest BCUT2D eigenvalue weighted by atomic mass is 35.5. The molecule has 146 valence electrons. The Balaban J connectivity index is 1.95. The third kappa shape index (κ3) is 3.22. The van der Waals surface area contributed by atoms with E-state index in [1.807, 2.05) is 26.8 Å². The van der Waals surface area contributed by atoms with Gasteiger partial charge < -0.3 is 11.1 Å². The molecule has 3 N–H and O–H groups in total. The summed E-state index contributed by atoms with van der Waals surface area (Å²) in [6, 6.07) is 10.4. The molecule has 0 aliphatic carbocycles. The molecule has 0 spiro atoms. The number of hydrogen-bond acceptors (Lipinski definition) is 5. The predicted molar refractivity (Wildman–Crippen MR) is 109 cm³/mol. The summed E-state index contributed by atoms with van der Waals surface area (Å²) in [5.74, 6) is -0.324. The first kappa shape index (κ1) is 19.8. The summed E-state index contributed by atoms with van der Waals surface area (Å²) in [6.45, 7) is 5.54. The van der Waals surface area contributed by atoms with Crippen LogP contribution in [0.1, 0.15) is 36.8 Å². The first-order valence-electron chi connectivity index (χ1n) is 8.73. The van der Waals surface area contributed by atoms with E-state index in [9.17, 15) is 9.59 Å². The molecule has 0 radical (unpaired) electrons. The summed E-state index contributed by atoms with van der Waals surface area (Å²) >= 11 is 5.81. The topological polar surface area (TPSA) is 101 Å². The smallest absolute Gasteiger partial charge is 0.274 e. The molecule has 2 heterocycles. The predicted octanol–water partition coefficient (Wildman–Crippen LogP) is 3.02. The van der Waals surface area contributed by atoms with Gasteiger partial charge >= 0.3 is 0 Å². The number of carbonyl (C=O) groups is 2. The van der Waals surface area contributed by atoms with Gasteiger partial charge in [-0.2, -0.15) is 0 Å². The van der Waals surface area contributed by atoms with Crippen LogP contribution in [0.3, 0.4) is 0 Å².